The minimum atomic E-state index is -4.41. The van der Waals surface area contributed by atoms with Gasteiger partial charge in [-0.05, 0) is 12.1 Å². The molecule has 0 aliphatic rings. The molecule has 0 atom stereocenters. The van der Waals surface area contributed by atoms with Crippen molar-refractivity contribution in [1.82, 2.24) is 4.98 Å². The molecule has 0 aliphatic heterocycles. The van der Waals surface area contributed by atoms with E-state index < -0.39 is 25.6 Å². The maximum Gasteiger partial charge on any atom is 0.356 e. The molecule has 1 rings (SSSR count). The predicted molar refractivity (Wildman–Crippen MR) is 61.1 cm³/mol. The first-order chi connectivity index (χ1) is 8.31. The SMILES string of the molecule is COC(=O)c1cc(NC(=O)CP(=O)(O)O)ccn1. The summed E-state index contributed by atoms with van der Waals surface area (Å²) in [5.41, 5.74) is 0.176. The van der Waals surface area contributed by atoms with Crippen molar-refractivity contribution in [3.8, 4) is 0 Å². The highest BCUT2D eigenvalue weighted by atomic mass is 31.2. The van der Waals surface area contributed by atoms with E-state index in [4.69, 9.17) is 9.79 Å². The number of hydrogen-bond donors (Lipinski definition) is 3. The summed E-state index contributed by atoms with van der Waals surface area (Å²) in [6.45, 7) is 0. The number of esters is 1. The topological polar surface area (TPSA) is 126 Å². The van der Waals surface area contributed by atoms with Crippen LogP contribution in [0.15, 0.2) is 18.3 Å². The van der Waals surface area contributed by atoms with E-state index in [1.54, 1.807) is 0 Å². The molecular formula is C9H11N2O6P. The molecule has 8 nitrogen and oxygen atoms in total. The summed E-state index contributed by atoms with van der Waals surface area (Å²) in [7, 11) is -3.23. The molecule has 0 fully saturated rings. The van der Waals surface area contributed by atoms with Crippen LogP contribution in [0, 0.1) is 0 Å². The number of pyridine rings is 1. The van der Waals surface area contributed by atoms with E-state index in [0.717, 1.165) is 0 Å². The van der Waals surface area contributed by atoms with Crippen molar-refractivity contribution in [2.75, 3.05) is 18.6 Å². The van der Waals surface area contributed by atoms with Crippen LogP contribution < -0.4 is 5.32 Å². The number of nitrogens with zero attached hydrogens (tertiary/aromatic N) is 1. The van der Waals surface area contributed by atoms with Gasteiger partial charge in [-0.2, -0.15) is 0 Å². The predicted octanol–water partition coefficient (Wildman–Crippen LogP) is -0.0156. The highest BCUT2D eigenvalue weighted by molar-refractivity contribution is 7.52. The van der Waals surface area contributed by atoms with Crippen LogP contribution in [0.25, 0.3) is 0 Å². The summed E-state index contributed by atoms with van der Waals surface area (Å²) in [6.07, 6.45) is 0.336. The lowest BCUT2D eigenvalue weighted by atomic mass is 10.3. The van der Waals surface area contributed by atoms with Crippen LogP contribution in [0.2, 0.25) is 0 Å². The van der Waals surface area contributed by atoms with Gasteiger partial charge in [-0.3, -0.25) is 9.36 Å². The Morgan fingerprint density at radius 3 is 2.72 bits per heavy atom. The number of ether oxygens (including phenoxy) is 1. The second kappa shape index (κ2) is 5.72. The molecular weight excluding hydrogens is 263 g/mol. The zero-order valence-electron chi connectivity index (χ0n) is 9.36. The fourth-order valence-corrected chi connectivity index (χ4v) is 1.57. The molecule has 0 aromatic carbocycles. The van der Waals surface area contributed by atoms with Crippen LogP contribution in [0.4, 0.5) is 5.69 Å². The molecule has 18 heavy (non-hydrogen) atoms. The largest absolute Gasteiger partial charge is 0.464 e. The van der Waals surface area contributed by atoms with E-state index in [-0.39, 0.29) is 11.4 Å². The smallest absolute Gasteiger partial charge is 0.356 e. The average molecular weight is 274 g/mol. The second-order valence-corrected chi connectivity index (χ2v) is 4.94. The molecule has 3 N–H and O–H groups in total. The lowest BCUT2D eigenvalue weighted by Gasteiger charge is -2.07. The molecule has 0 radical (unpaired) electrons. The first-order valence-electron chi connectivity index (χ1n) is 4.70. The van der Waals surface area contributed by atoms with Crippen molar-refractivity contribution in [1.29, 1.82) is 0 Å². The normalized spacial score (nSPS) is 10.8. The second-order valence-electron chi connectivity index (χ2n) is 3.29. The Morgan fingerprint density at radius 2 is 2.17 bits per heavy atom. The van der Waals surface area contributed by atoms with Gasteiger partial charge in [0.05, 0.1) is 7.11 Å². The molecule has 9 heteroatoms. The van der Waals surface area contributed by atoms with Gasteiger partial charge in [0.25, 0.3) is 0 Å². The highest BCUT2D eigenvalue weighted by Gasteiger charge is 2.19. The summed E-state index contributed by atoms with van der Waals surface area (Å²) < 4.78 is 15.0. The van der Waals surface area contributed by atoms with E-state index in [9.17, 15) is 14.2 Å². The summed E-state index contributed by atoms with van der Waals surface area (Å²) >= 11 is 0. The number of nitrogens with one attached hydrogen (secondary N) is 1. The van der Waals surface area contributed by atoms with Gasteiger partial charge < -0.3 is 19.8 Å². The van der Waals surface area contributed by atoms with E-state index >= 15 is 0 Å². The Bertz CT molecular complexity index is 512. The maximum atomic E-state index is 11.2. The Kier molecular flexibility index (Phi) is 4.55. The minimum Gasteiger partial charge on any atom is -0.464 e. The zero-order valence-corrected chi connectivity index (χ0v) is 10.3. The van der Waals surface area contributed by atoms with E-state index in [1.165, 1.54) is 25.4 Å². The molecule has 0 spiro atoms. The van der Waals surface area contributed by atoms with Crippen LogP contribution in [-0.2, 0) is 14.1 Å². The van der Waals surface area contributed by atoms with Gasteiger partial charge in [-0.15, -0.1) is 0 Å². The van der Waals surface area contributed by atoms with Crippen LogP contribution in [0.3, 0.4) is 0 Å². The Balaban J connectivity index is 2.77. The Hall–Kier alpha value is -1.76. The van der Waals surface area contributed by atoms with Crippen LogP contribution >= 0.6 is 7.60 Å². The van der Waals surface area contributed by atoms with Gasteiger partial charge in [-0.25, -0.2) is 9.78 Å². The third-order valence-corrected chi connectivity index (χ3v) is 2.49. The first kappa shape index (κ1) is 14.3. The molecule has 0 saturated carbocycles. The van der Waals surface area contributed by atoms with Gasteiger partial charge >= 0.3 is 13.6 Å². The van der Waals surface area contributed by atoms with E-state index in [0.29, 0.717) is 0 Å². The quantitative estimate of drug-likeness (QED) is 0.520. The molecule has 98 valence electrons. The molecule has 0 saturated heterocycles. The molecule has 0 bridgehead atoms. The lowest BCUT2D eigenvalue weighted by Crippen LogP contribution is -2.16. The standard InChI is InChI=1S/C9H11N2O6P/c1-17-9(13)7-4-6(2-3-10-7)11-8(12)5-18(14,15)16/h2-4H,5H2,1H3,(H,10,11,12)(H2,14,15,16). The molecule has 1 aromatic rings. The summed E-state index contributed by atoms with van der Waals surface area (Å²) in [4.78, 5) is 43.3. The maximum absolute atomic E-state index is 11.2. The van der Waals surface area contributed by atoms with Crippen molar-refractivity contribution >= 4 is 25.2 Å². The van der Waals surface area contributed by atoms with E-state index in [2.05, 4.69) is 15.0 Å². The van der Waals surface area contributed by atoms with Crippen molar-refractivity contribution in [3.05, 3.63) is 24.0 Å². The number of anilines is 1. The summed E-state index contributed by atoms with van der Waals surface area (Å²) in [5.74, 6) is -1.54. The van der Waals surface area contributed by atoms with Gasteiger partial charge in [-0.1, -0.05) is 0 Å². The van der Waals surface area contributed by atoms with Crippen LogP contribution in [0.1, 0.15) is 10.5 Å². The number of amides is 1. The van der Waals surface area contributed by atoms with Gasteiger partial charge in [0.2, 0.25) is 5.91 Å². The lowest BCUT2D eigenvalue weighted by molar-refractivity contribution is -0.114. The summed E-state index contributed by atoms with van der Waals surface area (Å²) in [5, 5.41) is 2.24. The highest BCUT2D eigenvalue weighted by Crippen LogP contribution is 2.33. The third kappa shape index (κ3) is 4.62. The number of aromatic nitrogens is 1. The monoisotopic (exact) mass is 274 g/mol. The zero-order chi connectivity index (χ0) is 13.8. The van der Waals surface area contributed by atoms with Crippen molar-refractivity contribution in [2.45, 2.75) is 0 Å². The number of methoxy groups -OCH3 is 1. The fourth-order valence-electron chi connectivity index (χ4n) is 1.11. The van der Waals surface area contributed by atoms with Crippen LogP contribution in [0.5, 0.6) is 0 Å². The Labute approximate surface area is 102 Å². The van der Waals surface area contributed by atoms with Gasteiger partial charge in [0, 0.05) is 11.9 Å². The fraction of sp³-hybridized carbons (Fsp3) is 0.222. The minimum absolute atomic E-state index is 0.0218. The first-order valence-corrected chi connectivity index (χ1v) is 6.50. The van der Waals surface area contributed by atoms with Crippen molar-refractivity contribution < 1.29 is 28.7 Å². The van der Waals surface area contributed by atoms with Gasteiger partial charge in [0.15, 0.2) is 0 Å². The van der Waals surface area contributed by atoms with Crippen molar-refractivity contribution in [3.63, 3.8) is 0 Å². The number of rotatable bonds is 4. The van der Waals surface area contributed by atoms with E-state index in [1.807, 2.05) is 0 Å². The summed E-state index contributed by atoms with van der Waals surface area (Å²) in [6, 6.07) is 2.62. The Morgan fingerprint density at radius 1 is 1.50 bits per heavy atom. The molecule has 1 aromatic heterocycles. The molecule has 1 amide bonds. The molecule has 1 heterocycles. The molecule has 0 unspecified atom stereocenters. The average Bonchev–Trinajstić information content (AvgIpc) is 2.25. The van der Waals surface area contributed by atoms with Gasteiger partial charge in [0.1, 0.15) is 11.9 Å². The van der Waals surface area contributed by atoms with Crippen LogP contribution in [-0.4, -0.2) is 39.9 Å². The molecule has 0 aliphatic carbocycles. The number of hydrogen-bond acceptors (Lipinski definition) is 5. The van der Waals surface area contributed by atoms with Crippen molar-refractivity contribution in [2.24, 2.45) is 0 Å². The number of carbonyl (C=O) groups excluding carboxylic acids is 2. The third-order valence-electron chi connectivity index (χ3n) is 1.79. The number of carbonyl (C=O) groups is 2.